The maximum atomic E-state index is 11.9. The number of aromatic nitrogens is 2. The molecular weight excluding hydrogens is 264 g/mol. The van der Waals surface area contributed by atoms with E-state index in [-0.39, 0.29) is 5.91 Å². The Hall–Kier alpha value is -2.30. The lowest BCUT2D eigenvalue weighted by Crippen LogP contribution is -2.42. The molecule has 5 heteroatoms. The van der Waals surface area contributed by atoms with Crippen molar-refractivity contribution < 1.29 is 4.79 Å². The molecule has 1 atom stereocenters. The summed E-state index contributed by atoms with van der Waals surface area (Å²) in [5, 5.41) is 9.39. The van der Waals surface area contributed by atoms with Gasteiger partial charge in [0.25, 0.3) is 5.91 Å². The number of hydrogen-bond donors (Lipinski definition) is 2. The van der Waals surface area contributed by atoms with Crippen LogP contribution in [0.1, 0.15) is 29.4 Å². The first-order valence-electron chi connectivity index (χ1n) is 7.38. The number of rotatable bonds is 4. The predicted molar refractivity (Wildman–Crippen MR) is 82.5 cm³/mol. The molecule has 5 nitrogen and oxygen atoms in total. The fourth-order valence-electron chi connectivity index (χ4n) is 2.87. The molecule has 0 bridgehead atoms. The molecule has 2 aromatic rings. The van der Waals surface area contributed by atoms with E-state index in [4.69, 9.17) is 0 Å². The summed E-state index contributed by atoms with van der Waals surface area (Å²) in [5.41, 5.74) is 3.20. The summed E-state index contributed by atoms with van der Waals surface area (Å²) in [6.45, 7) is 3.68. The number of carbonyl (C=O) groups is 1. The highest BCUT2D eigenvalue weighted by Crippen LogP contribution is 2.29. The summed E-state index contributed by atoms with van der Waals surface area (Å²) in [4.78, 5) is 14.3. The van der Waals surface area contributed by atoms with Gasteiger partial charge in [-0.3, -0.25) is 9.89 Å². The Bertz CT molecular complexity index is 608. The van der Waals surface area contributed by atoms with Crippen LogP contribution in [0.4, 0.5) is 5.69 Å². The van der Waals surface area contributed by atoms with E-state index < -0.39 is 0 Å². The molecule has 0 saturated heterocycles. The van der Waals surface area contributed by atoms with Gasteiger partial charge in [-0.05, 0) is 37.5 Å². The van der Waals surface area contributed by atoms with Gasteiger partial charge >= 0.3 is 0 Å². The number of hydrogen-bond acceptors (Lipinski definition) is 3. The van der Waals surface area contributed by atoms with Gasteiger partial charge in [0, 0.05) is 31.0 Å². The summed E-state index contributed by atoms with van der Waals surface area (Å²) in [6, 6.07) is 10.7. The lowest BCUT2D eigenvalue weighted by molar-refractivity contribution is 0.0949. The molecule has 1 aliphatic rings. The number of nitrogens with zero attached hydrogens (tertiary/aromatic N) is 2. The van der Waals surface area contributed by atoms with Gasteiger partial charge in [0.15, 0.2) is 0 Å². The SMILES string of the molecule is CC1CCc2ccccc2N1CCNC(=O)c1ccn[nH]1. The van der Waals surface area contributed by atoms with E-state index in [0.717, 1.165) is 19.4 Å². The van der Waals surface area contributed by atoms with E-state index in [1.165, 1.54) is 11.3 Å². The van der Waals surface area contributed by atoms with Gasteiger partial charge in [-0.15, -0.1) is 0 Å². The number of amides is 1. The second-order valence-electron chi connectivity index (χ2n) is 5.44. The molecule has 1 aromatic heterocycles. The lowest BCUT2D eigenvalue weighted by atomic mass is 9.97. The van der Waals surface area contributed by atoms with Gasteiger partial charge in [-0.2, -0.15) is 5.10 Å². The average Bonchev–Trinajstić information content (AvgIpc) is 3.04. The van der Waals surface area contributed by atoms with Crippen LogP contribution < -0.4 is 10.2 Å². The molecule has 0 aliphatic carbocycles. The van der Waals surface area contributed by atoms with Crippen molar-refractivity contribution in [3.8, 4) is 0 Å². The summed E-state index contributed by atoms with van der Waals surface area (Å²) >= 11 is 0. The third kappa shape index (κ3) is 2.91. The summed E-state index contributed by atoms with van der Waals surface area (Å²) in [6.07, 6.45) is 3.87. The Morgan fingerprint density at radius 1 is 1.43 bits per heavy atom. The molecule has 1 amide bonds. The minimum atomic E-state index is -0.106. The first-order chi connectivity index (χ1) is 10.3. The van der Waals surface area contributed by atoms with Crippen LogP contribution in [0.15, 0.2) is 36.5 Å². The maximum Gasteiger partial charge on any atom is 0.269 e. The minimum Gasteiger partial charge on any atom is -0.367 e. The number of aryl methyl sites for hydroxylation is 1. The first-order valence-corrected chi connectivity index (χ1v) is 7.38. The number of nitrogens with one attached hydrogen (secondary N) is 2. The number of aromatic amines is 1. The first kappa shape index (κ1) is 13.7. The molecular formula is C16H20N4O. The van der Waals surface area contributed by atoms with Crippen molar-refractivity contribution in [2.75, 3.05) is 18.0 Å². The zero-order chi connectivity index (χ0) is 14.7. The monoisotopic (exact) mass is 284 g/mol. The van der Waals surface area contributed by atoms with Crippen LogP contribution in [-0.2, 0) is 6.42 Å². The predicted octanol–water partition coefficient (Wildman–Crippen LogP) is 1.98. The minimum absolute atomic E-state index is 0.106. The lowest BCUT2D eigenvalue weighted by Gasteiger charge is -2.37. The number of fused-ring (bicyclic) bond motifs is 1. The number of carbonyl (C=O) groups excluding carboxylic acids is 1. The Balaban J connectivity index is 1.61. The van der Waals surface area contributed by atoms with Gasteiger partial charge in [0.1, 0.15) is 5.69 Å². The van der Waals surface area contributed by atoms with Crippen LogP contribution >= 0.6 is 0 Å². The summed E-state index contributed by atoms with van der Waals surface area (Å²) < 4.78 is 0. The van der Waals surface area contributed by atoms with Gasteiger partial charge in [-0.1, -0.05) is 18.2 Å². The van der Waals surface area contributed by atoms with Crippen molar-refractivity contribution in [1.82, 2.24) is 15.5 Å². The van der Waals surface area contributed by atoms with Crippen molar-refractivity contribution in [3.63, 3.8) is 0 Å². The van der Waals surface area contributed by atoms with Crippen LogP contribution in [0.5, 0.6) is 0 Å². The molecule has 0 spiro atoms. The van der Waals surface area contributed by atoms with Crippen molar-refractivity contribution in [1.29, 1.82) is 0 Å². The molecule has 1 unspecified atom stereocenters. The van der Waals surface area contributed by atoms with Crippen molar-refractivity contribution in [2.24, 2.45) is 0 Å². The number of benzene rings is 1. The van der Waals surface area contributed by atoms with E-state index >= 15 is 0 Å². The third-order valence-corrected chi connectivity index (χ3v) is 4.05. The van der Waals surface area contributed by atoms with Crippen molar-refractivity contribution in [3.05, 3.63) is 47.8 Å². The van der Waals surface area contributed by atoms with Crippen molar-refractivity contribution in [2.45, 2.75) is 25.8 Å². The van der Waals surface area contributed by atoms with E-state index in [9.17, 15) is 4.79 Å². The standard InChI is InChI=1S/C16H20N4O/c1-12-6-7-13-4-2-3-5-15(13)20(12)11-10-17-16(21)14-8-9-18-19-14/h2-5,8-9,12H,6-7,10-11H2,1H3,(H,17,21)(H,18,19). The van der Waals surface area contributed by atoms with Gasteiger partial charge < -0.3 is 10.2 Å². The second-order valence-corrected chi connectivity index (χ2v) is 5.44. The summed E-state index contributed by atoms with van der Waals surface area (Å²) in [7, 11) is 0. The second kappa shape index (κ2) is 5.99. The van der Waals surface area contributed by atoms with Gasteiger partial charge in [-0.25, -0.2) is 0 Å². The molecule has 1 aliphatic heterocycles. The van der Waals surface area contributed by atoms with Crippen molar-refractivity contribution >= 4 is 11.6 Å². The molecule has 2 N–H and O–H groups in total. The molecule has 21 heavy (non-hydrogen) atoms. The van der Waals surface area contributed by atoms with Crippen LogP contribution in [0, 0.1) is 0 Å². The topological polar surface area (TPSA) is 61.0 Å². The Morgan fingerprint density at radius 2 is 2.29 bits per heavy atom. The zero-order valence-electron chi connectivity index (χ0n) is 12.2. The Morgan fingerprint density at radius 3 is 3.10 bits per heavy atom. The van der Waals surface area contributed by atoms with E-state index in [2.05, 4.69) is 51.6 Å². The smallest absolute Gasteiger partial charge is 0.269 e. The molecule has 110 valence electrons. The van der Waals surface area contributed by atoms with Crippen LogP contribution in [0.2, 0.25) is 0 Å². The van der Waals surface area contributed by atoms with Crippen LogP contribution in [0.25, 0.3) is 0 Å². The van der Waals surface area contributed by atoms with E-state index in [1.807, 2.05) is 0 Å². The van der Waals surface area contributed by atoms with Gasteiger partial charge in [0.2, 0.25) is 0 Å². The number of H-pyrrole nitrogens is 1. The Kier molecular flexibility index (Phi) is 3.90. The highest BCUT2D eigenvalue weighted by atomic mass is 16.1. The molecule has 0 radical (unpaired) electrons. The highest BCUT2D eigenvalue weighted by molar-refractivity contribution is 5.92. The molecule has 3 rings (SSSR count). The molecule has 1 aromatic carbocycles. The van der Waals surface area contributed by atoms with Crippen LogP contribution in [-0.4, -0.2) is 35.2 Å². The molecule has 0 saturated carbocycles. The Labute approximate surface area is 124 Å². The number of para-hydroxylation sites is 1. The maximum absolute atomic E-state index is 11.9. The third-order valence-electron chi connectivity index (χ3n) is 4.05. The average molecular weight is 284 g/mol. The number of anilines is 1. The van der Waals surface area contributed by atoms with E-state index in [1.54, 1.807) is 12.3 Å². The molecule has 0 fully saturated rings. The normalized spacial score (nSPS) is 17.4. The quantitative estimate of drug-likeness (QED) is 0.902. The fourth-order valence-corrected chi connectivity index (χ4v) is 2.87. The highest BCUT2D eigenvalue weighted by Gasteiger charge is 2.22. The summed E-state index contributed by atoms with van der Waals surface area (Å²) in [5.74, 6) is -0.106. The largest absolute Gasteiger partial charge is 0.367 e. The van der Waals surface area contributed by atoms with Gasteiger partial charge in [0.05, 0.1) is 0 Å². The fraction of sp³-hybridized carbons (Fsp3) is 0.375. The zero-order valence-corrected chi connectivity index (χ0v) is 12.2. The van der Waals surface area contributed by atoms with E-state index in [0.29, 0.717) is 18.3 Å². The molecule has 2 heterocycles. The van der Waals surface area contributed by atoms with Crippen LogP contribution in [0.3, 0.4) is 0 Å².